The van der Waals surface area contributed by atoms with Crippen LogP contribution in [0.4, 0.5) is 0 Å². The van der Waals surface area contributed by atoms with E-state index in [9.17, 15) is 4.79 Å². The summed E-state index contributed by atoms with van der Waals surface area (Å²) in [5.41, 5.74) is 1.98. The van der Waals surface area contributed by atoms with Gasteiger partial charge in [0.25, 0.3) is 0 Å². The van der Waals surface area contributed by atoms with Crippen molar-refractivity contribution in [3.63, 3.8) is 0 Å². The highest BCUT2D eigenvalue weighted by Crippen LogP contribution is 2.25. The number of benzene rings is 1. The zero-order chi connectivity index (χ0) is 14.4. The number of aromatic amines is 1. The number of hydrogen-bond acceptors (Lipinski definition) is 3. The molecular weight excluding hydrogens is 252 g/mol. The Morgan fingerprint density at radius 2 is 1.95 bits per heavy atom. The number of allylic oxidation sites excluding steroid dienone is 3. The first kappa shape index (κ1) is 13.8. The minimum absolute atomic E-state index is 0.370. The molecule has 1 aromatic carbocycles. The van der Waals surface area contributed by atoms with E-state index in [1.165, 1.54) is 0 Å². The Morgan fingerprint density at radius 3 is 2.50 bits per heavy atom. The number of ether oxygens (including phenoxy) is 1. The minimum Gasteiger partial charge on any atom is -0.457 e. The maximum absolute atomic E-state index is 10.7. The van der Waals surface area contributed by atoms with Crippen molar-refractivity contribution < 1.29 is 9.53 Å². The van der Waals surface area contributed by atoms with Gasteiger partial charge in [-0.2, -0.15) is 5.10 Å². The third-order valence-electron chi connectivity index (χ3n) is 2.80. The molecule has 0 aliphatic rings. The van der Waals surface area contributed by atoms with E-state index in [1.54, 1.807) is 6.07 Å². The summed E-state index contributed by atoms with van der Waals surface area (Å²) < 4.78 is 5.87. The fourth-order valence-electron chi connectivity index (χ4n) is 1.85. The number of rotatable bonds is 5. The summed E-state index contributed by atoms with van der Waals surface area (Å²) in [7, 11) is 0. The van der Waals surface area contributed by atoms with Gasteiger partial charge >= 0.3 is 0 Å². The highest BCUT2D eigenvalue weighted by atomic mass is 16.5. The summed E-state index contributed by atoms with van der Waals surface area (Å²) in [6.45, 7) is 3.81. The predicted octanol–water partition coefficient (Wildman–Crippen LogP) is 3.61. The van der Waals surface area contributed by atoms with Gasteiger partial charge in [-0.15, -0.1) is 0 Å². The van der Waals surface area contributed by atoms with Crippen molar-refractivity contribution >= 4 is 11.9 Å². The number of para-hydroxylation sites is 1. The van der Waals surface area contributed by atoms with Gasteiger partial charge in [-0.05, 0) is 38.1 Å². The first-order chi connectivity index (χ1) is 9.78. The average molecular weight is 268 g/mol. The van der Waals surface area contributed by atoms with Crippen molar-refractivity contribution in [2.24, 2.45) is 0 Å². The topological polar surface area (TPSA) is 55.0 Å². The summed E-state index contributed by atoms with van der Waals surface area (Å²) in [5.74, 6) is 1.47. The molecule has 0 atom stereocenters. The number of aldehydes is 1. The summed E-state index contributed by atoms with van der Waals surface area (Å²) in [6.07, 6.45) is 4.50. The lowest BCUT2D eigenvalue weighted by Gasteiger charge is -2.12. The molecule has 0 saturated carbocycles. The standard InChI is InChI=1S/C16H16N2O2/c1-3-14(15-10-12(11-19)17-18-15)16(4-2)20-13-8-6-5-7-9-13/h3-11H,1-2H3,(H,17,18)/b14-3-,16-4+. The van der Waals surface area contributed by atoms with Crippen LogP contribution in [-0.4, -0.2) is 16.5 Å². The van der Waals surface area contributed by atoms with E-state index in [1.807, 2.05) is 56.3 Å². The van der Waals surface area contributed by atoms with E-state index in [0.717, 1.165) is 17.0 Å². The monoisotopic (exact) mass is 268 g/mol. The molecule has 0 aliphatic heterocycles. The Balaban J connectivity index is 2.27. The van der Waals surface area contributed by atoms with Crippen molar-refractivity contribution in [3.05, 3.63) is 65.7 Å². The molecule has 0 bridgehead atoms. The van der Waals surface area contributed by atoms with Crippen molar-refractivity contribution in [1.82, 2.24) is 10.2 Å². The summed E-state index contributed by atoms with van der Waals surface area (Å²) in [5, 5.41) is 6.75. The maximum Gasteiger partial charge on any atom is 0.170 e. The maximum atomic E-state index is 10.7. The second-order valence-corrected chi connectivity index (χ2v) is 4.09. The van der Waals surface area contributed by atoms with Crippen molar-refractivity contribution in [1.29, 1.82) is 0 Å². The van der Waals surface area contributed by atoms with E-state index in [4.69, 9.17) is 4.74 Å². The van der Waals surface area contributed by atoms with Crippen LogP contribution in [-0.2, 0) is 0 Å². The Kier molecular flexibility index (Phi) is 4.50. The van der Waals surface area contributed by atoms with Crippen LogP contribution in [0.1, 0.15) is 30.0 Å². The van der Waals surface area contributed by atoms with Crippen LogP contribution < -0.4 is 4.74 Å². The van der Waals surface area contributed by atoms with Crippen LogP contribution >= 0.6 is 0 Å². The van der Waals surface area contributed by atoms with Crippen LogP contribution in [0.3, 0.4) is 0 Å². The number of H-pyrrole nitrogens is 1. The number of hydrogen-bond donors (Lipinski definition) is 1. The molecule has 0 radical (unpaired) electrons. The second-order valence-electron chi connectivity index (χ2n) is 4.09. The molecule has 0 saturated heterocycles. The molecule has 1 heterocycles. The van der Waals surface area contributed by atoms with Gasteiger partial charge in [-0.25, -0.2) is 0 Å². The molecular formula is C16H16N2O2. The second kappa shape index (κ2) is 6.52. The van der Waals surface area contributed by atoms with E-state index in [2.05, 4.69) is 10.2 Å². The summed E-state index contributed by atoms with van der Waals surface area (Å²) in [6, 6.07) is 11.2. The summed E-state index contributed by atoms with van der Waals surface area (Å²) in [4.78, 5) is 10.7. The first-order valence-corrected chi connectivity index (χ1v) is 6.35. The smallest absolute Gasteiger partial charge is 0.170 e. The molecule has 2 aromatic rings. The molecule has 4 nitrogen and oxygen atoms in total. The van der Waals surface area contributed by atoms with Gasteiger partial charge in [0, 0.05) is 5.57 Å². The van der Waals surface area contributed by atoms with Gasteiger partial charge in [-0.1, -0.05) is 24.3 Å². The Morgan fingerprint density at radius 1 is 1.20 bits per heavy atom. The van der Waals surface area contributed by atoms with Crippen LogP contribution in [0, 0.1) is 0 Å². The molecule has 102 valence electrons. The summed E-state index contributed by atoms with van der Waals surface area (Å²) >= 11 is 0. The van der Waals surface area contributed by atoms with E-state index in [-0.39, 0.29) is 0 Å². The van der Waals surface area contributed by atoms with Crippen molar-refractivity contribution in [3.8, 4) is 5.75 Å². The van der Waals surface area contributed by atoms with Gasteiger partial charge in [0.1, 0.15) is 17.2 Å². The van der Waals surface area contributed by atoms with Gasteiger partial charge in [0.2, 0.25) is 0 Å². The lowest BCUT2D eigenvalue weighted by molar-refractivity contribution is 0.111. The fraction of sp³-hybridized carbons (Fsp3) is 0.125. The molecule has 0 aliphatic carbocycles. The molecule has 0 amide bonds. The number of nitrogens with one attached hydrogen (secondary N) is 1. The third kappa shape index (κ3) is 3.03. The molecule has 0 spiro atoms. The molecule has 0 fully saturated rings. The highest BCUT2D eigenvalue weighted by Gasteiger charge is 2.12. The fourth-order valence-corrected chi connectivity index (χ4v) is 1.85. The number of aromatic nitrogens is 2. The predicted molar refractivity (Wildman–Crippen MR) is 78.5 cm³/mol. The average Bonchev–Trinajstić information content (AvgIpc) is 2.97. The van der Waals surface area contributed by atoms with Crippen molar-refractivity contribution in [2.45, 2.75) is 13.8 Å². The number of carbonyl (C=O) groups excluding carboxylic acids is 1. The van der Waals surface area contributed by atoms with Crippen LogP contribution in [0.25, 0.3) is 5.57 Å². The van der Waals surface area contributed by atoms with Crippen LogP contribution in [0.2, 0.25) is 0 Å². The normalized spacial score (nSPS) is 12.3. The molecule has 2 rings (SSSR count). The third-order valence-corrected chi connectivity index (χ3v) is 2.80. The van der Waals surface area contributed by atoms with Gasteiger partial charge < -0.3 is 4.74 Å². The van der Waals surface area contributed by atoms with Gasteiger partial charge in [0.15, 0.2) is 6.29 Å². The van der Waals surface area contributed by atoms with Gasteiger partial charge in [-0.3, -0.25) is 9.89 Å². The molecule has 1 aromatic heterocycles. The largest absolute Gasteiger partial charge is 0.457 e. The van der Waals surface area contributed by atoms with E-state index < -0.39 is 0 Å². The number of nitrogens with zero attached hydrogens (tertiary/aromatic N) is 1. The zero-order valence-electron chi connectivity index (χ0n) is 11.5. The quantitative estimate of drug-likeness (QED) is 0.512. The number of carbonyl (C=O) groups is 1. The Labute approximate surface area is 117 Å². The lowest BCUT2D eigenvalue weighted by atomic mass is 10.1. The highest BCUT2D eigenvalue weighted by molar-refractivity contribution is 5.79. The SMILES string of the molecule is C/C=C(\C(=C/C)Oc1ccccc1)c1cc(C=O)n[nH]1. The molecule has 4 heteroatoms. The molecule has 20 heavy (non-hydrogen) atoms. The Bertz CT molecular complexity index is 640. The molecule has 1 N–H and O–H groups in total. The molecule has 0 unspecified atom stereocenters. The van der Waals surface area contributed by atoms with Crippen molar-refractivity contribution in [2.75, 3.05) is 0 Å². The van der Waals surface area contributed by atoms with E-state index in [0.29, 0.717) is 17.7 Å². The van der Waals surface area contributed by atoms with E-state index >= 15 is 0 Å². The van der Waals surface area contributed by atoms with Crippen LogP contribution in [0.5, 0.6) is 5.75 Å². The van der Waals surface area contributed by atoms with Gasteiger partial charge in [0.05, 0.1) is 5.69 Å². The minimum atomic E-state index is 0.370. The first-order valence-electron chi connectivity index (χ1n) is 6.35. The zero-order valence-corrected chi connectivity index (χ0v) is 11.5. The van der Waals surface area contributed by atoms with Crippen LogP contribution in [0.15, 0.2) is 54.3 Å². The Hall–Kier alpha value is -2.62. The lowest BCUT2D eigenvalue weighted by Crippen LogP contribution is -1.99.